The van der Waals surface area contributed by atoms with Crippen LogP contribution in [-0.2, 0) is 9.53 Å². The predicted molar refractivity (Wildman–Crippen MR) is 65.7 cm³/mol. The Balaban J connectivity index is 2.60. The van der Waals surface area contributed by atoms with Crippen LogP contribution in [0.1, 0.15) is 26.7 Å². The molecule has 5 heteroatoms. The van der Waals surface area contributed by atoms with Crippen LogP contribution < -0.4 is 10.6 Å². The molecule has 0 aromatic carbocycles. The molecule has 0 unspecified atom stereocenters. The van der Waals surface area contributed by atoms with E-state index in [1.54, 1.807) is 21.0 Å². The van der Waals surface area contributed by atoms with Gasteiger partial charge in [-0.15, -0.1) is 0 Å². The molecule has 1 aliphatic rings. The van der Waals surface area contributed by atoms with Crippen molar-refractivity contribution in [1.82, 2.24) is 10.6 Å². The molecular formula is C12H24N2O3. The molecule has 1 fully saturated rings. The quantitative estimate of drug-likeness (QED) is 0.631. The molecule has 5 nitrogen and oxygen atoms in total. The number of rotatable bonds is 5. The topological polar surface area (TPSA) is 70.6 Å². The highest BCUT2D eigenvalue weighted by atomic mass is 16.5. The van der Waals surface area contributed by atoms with Gasteiger partial charge in [-0.1, -0.05) is 0 Å². The molecule has 0 saturated carbocycles. The Morgan fingerprint density at radius 3 is 2.53 bits per heavy atom. The minimum atomic E-state index is -0.878. The summed E-state index contributed by atoms with van der Waals surface area (Å²) < 4.78 is 5.19. The van der Waals surface area contributed by atoms with Gasteiger partial charge in [0.25, 0.3) is 0 Å². The van der Waals surface area contributed by atoms with Crippen LogP contribution in [0, 0.1) is 5.41 Å². The van der Waals surface area contributed by atoms with Gasteiger partial charge >= 0.3 is 0 Å². The normalized spacial score (nSPS) is 20.0. The van der Waals surface area contributed by atoms with Crippen LogP contribution in [0.25, 0.3) is 0 Å². The van der Waals surface area contributed by atoms with Crippen molar-refractivity contribution in [3.8, 4) is 0 Å². The van der Waals surface area contributed by atoms with E-state index >= 15 is 0 Å². The summed E-state index contributed by atoms with van der Waals surface area (Å²) in [5.41, 5.74) is -1.32. The first-order valence-corrected chi connectivity index (χ1v) is 6.10. The number of carbonyl (C=O) groups excluding carboxylic acids is 1. The van der Waals surface area contributed by atoms with Gasteiger partial charge in [0.05, 0.1) is 17.6 Å². The van der Waals surface area contributed by atoms with Crippen molar-refractivity contribution in [3.63, 3.8) is 0 Å². The lowest BCUT2D eigenvalue weighted by Gasteiger charge is -2.36. The van der Waals surface area contributed by atoms with Gasteiger partial charge in [-0.3, -0.25) is 4.79 Å². The average Bonchev–Trinajstić information content (AvgIpc) is 2.26. The maximum atomic E-state index is 12.2. The summed E-state index contributed by atoms with van der Waals surface area (Å²) in [4.78, 5) is 12.2. The van der Waals surface area contributed by atoms with Crippen LogP contribution in [0.3, 0.4) is 0 Å². The van der Waals surface area contributed by atoms with Crippen molar-refractivity contribution in [2.24, 2.45) is 5.41 Å². The Hall–Kier alpha value is -0.650. The number of carbonyl (C=O) groups is 1. The summed E-state index contributed by atoms with van der Waals surface area (Å²) in [5.74, 6) is -0.0111. The summed E-state index contributed by atoms with van der Waals surface area (Å²) in [5, 5.41) is 15.7. The number of aliphatic hydroxyl groups is 1. The zero-order valence-electron chi connectivity index (χ0n) is 11.0. The standard InChI is InChI=1S/C12H24N2O3/c1-11(2,16)8-14-10(15)12(9-17-3)4-6-13-7-5-12/h13,16H,4-9H2,1-3H3,(H,14,15). The fraction of sp³-hybridized carbons (Fsp3) is 0.917. The highest BCUT2D eigenvalue weighted by Gasteiger charge is 2.39. The van der Waals surface area contributed by atoms with Crippen LogP contribution in [0.15, 0.2) is 0 Å². The SMILES string of the molecule is COCC1(C(=O)NCC(C)(C)O)CCNCC1. The zero-order chi connectivity index (χ0) is 12.9. The first-order chi connectivity index (χ1) is 7.90. The Labute approximate surface area is 103 Å². The lowest BCUT2D eigenvalue weighted by atomic mass is 9.78. The number of amides is 1. The van der Waals surface area contributed by atoms with Gasteiger partial charge in [0, 0.05) is 13.7 Å². The predicted octanol–water partition coefficient (Wildman–Crippen LogP) is -0.110. The third-order valence-electron chi connectivity index (χ3n) is 3.14. The van der Waals surface area contributed by atoms with Crippen LogP contribution in [-0.4, -0.2) is 50.0 Å². The van der Waals surface area contributed by atoms with Crippen molar-refractivity contribution in [3.05, 3.63) is 0 Å². The van der Waals surface area contributed by atoms with E-state index < -0.39 is 11.0 Å². The molecule has 0 aromatic heterocycles. The molecular weight excluding hydrogens is 220 g/mol. The third kappa shape index (κ3) is 4.26. The summed E-state index contributed by atoms with van der Waals surface area (Å²) >= 11 is 0. The highest BCUT2D eigenvalue weighted by molar-refractivity contribution is 5.83. The molecule has 0 bridgehead atoms. The van der Waals surface area contributed by atoms with Crippen molar-refractivity contribution >= 4 is 5.91 Å². The van der Waals surface area contributed by atoms with Crippen LogP contribution >= 0.6 is 0 Å². The first kappa shape index (κ1) is 14.4. The zero-order valence-corrected chi connectivity index (χ0v) is 11.0. The molecule has 0 radical (unpaired) electrons. The number of hydrogen-bond donors (Lipinski definition) is 3. The van der Waals surface area contributed by atoms with Crippen LogP contribution in [0.5, 0.6) is 0 Å². The molecule has 1 saturated heterocycles. The summed E-state index contributed by atoms with van der Waals surface area (Å²) in [7, 11) is 1.62. The fourth-order valence-corrected chi connectivity index (χ4v) is 2.10. The van der Waals surface area contributed by atoms with Gasteiger partial charge in [0.2, 0.25) is 5.91 Å². The number of piperidine rings is 1. The van der Waals surface area contributed by atoms with E-state index in [0.29, 0.717) is 6.61 Å². The highest BCUT2D eigenvalue weighted by Crippen LogP contribution is 2.29. The van der Waals surface area contributed by atoms with E-state index in [1.807, 2.05) is 0 Å². The molecule has 0 spiro atoms. The second-order valence-electron chi connectivity index (χ2n) is 5.46. The number of nitrogens with one attached hydrogen (secondary N) is 2. The second kappa shape index (κ2) is 5.80. The molecule has 0 aromatic rings. The Bertz CT molecular complexity index is 249. The first-order valence-electron chi connectivity index (χ1n) is 6.10. The molecule has 1 rings (SSSR count). The van der Waals surface area contributed by atoms with Gasteiger partial charge in [-0.2, -0.15) is 0 Å². The molecule has 1 amide bonds. The van der Waals surface area contributed by atoms with Crippen LogP contribution in [0.4, 0.5) is 0 Å². The van der Waals surface area contributed by atoms with Crippen molar-refractivity contribution < 1.29 is 14.6 Å². The minimum Gasteiger partial charge on any atom is -0.389 e. The Morgan fingerprint density at radius 1 is 1.47 bits per heavy atom. The molecule has 3 N–H and O–H groups in total. The van der Waals surface area contributed by atoms with E-state index in [-0.39, 0.29) is 12.5 Å². The number of ether oxygens (including phenoxy) is 1. The van der Waals surface area contributed by atoms with Crippen molar-refractivity contribution in [1.29, 1.82) is 0 Å². The Kier molecular flexibility index (Phi) is 4.91. The molecule has 1 aliphatic heterocycles. The molecule has 0 atom stereocenters. The summed E-state index contributed by atoms with van der Waals surface area (Å²) in [6, 6.07) is 0. The maximum absolute atomic E-state index is 12.2. The lowest BCUT2D eigenvalue weighted by Crippen LogP contribution is -2.52. The maximum Gasteiger partial charge on any atom is 0.228 e. The molecule has 17 heavy (non-hydrogen) atoms. The Morgan fingerprint density at radius 2 is 2.06 bits per heavy atom. The van der Waals surface area contributed by atoms with Gasteiger partial charge in [0.15, 0.2) is 0 Å². The average molecular weight is 244 g/mol. The molecule has 0 aliphatic carbocycles. The molecule has 100 valence electrons. The van der Waals surface area contributed by atoms with Gasteiger partial charge < -0.3 is 20.5 Å². The fourth-order valence-electron chi connectivity index (χ4n) is 2.10. The second-order valence-corrected chi connectivity index (χ2v) is 5.46. The van der Waals surface area contributed by atoms with Crippen molar-refractivity contribution in [2.45, 2.75) is 32.3 Å². The van der Waals surface area contributed by atoms with Gasteiger partial charge in [0.1, 0.15) is 0 Å². The van der Waals surface area contributed by atoms with E-state index in [4.69, 9.17) is 4.74 Å². The van der Waals surface area contributed by atoms with E-state index in [1.165, 1.54) is 0 Å². The van der Waals surface area contributed by atoms with Gasteiger partial charge in [-0.25, -0.2) is 0 Å². The van der Waals surface area contributed by atoms with E-state index in [2.05, 4.69) is 10.6 Å². The third-order valence-corrected chi connectivity index (χ3v) is 3.14. The monoisotopic (exact) mass is 244 g/mol. The van der Waals surface area contributed by atoms with Gasteiger partial charge in [-0.05, 0) is 39.8 Å². The lowest BCUT2D eigenvalue weighted by molar-refractivity contribution is -0.137. The minimum absolute atomic E-state index is 0.0111. The van der Waals surface area contributed by atoms with Crippen molar-refractivity contribution in [2.75, 3.05) is 33.4 Å². The smallest absolute Gasteiger partial charge is 0.228 e. The van der Waals surface area contributed by atoms with Crippen LogP contribution in [0.2, 0.25) is 0 Å². The number of methoxy groups -OCH3 is 1. The number of hydrogen-bond acceptors (Lipinski definition) is 4. The molecule has 1 heterocycles. The summed E-state index contributed by atoms with van der Waals surface area (Å²) in [6.07, 6.45) is 1.55. The van der Waals surface area contributed by atoms with E-state index in [0.717, 1.165) is 25.9 Å². The summed E-state index contributed by atoms with van der Waals surface area (Å²) in [6.45, 7) is 5.73. The van der Waals surface area contributed by atoms with E-state index in [9.17, 15) is 9.90 Å². The largest absolute Gasteiger partial charge is 0.389 e.